The number of halogens is 1. The largest absolute Gasteiger partial charge is 0.399 e. The van der Waals surface area contributed by atoms with Crippen molar-refractivity contribution in [3.05, 3.63) is 65.1 Å². The van der Waals surface area contributed by atoms with Gasteiger partial charge in [-0.25, -0.2) is 4.98 Å². The lowest BCUT2D eigenvalue weighted by atomic mass is 10.1. The van der Waals surface area contributed by atoms with Crippen LogP contribution in [-0.4, -0.2) is 9.38 Å². The number of benzene rings is 1. The zero-order valence-electron chi connectivity index (χ0n) is 9.68. The molecule has 90 valence electrons. The van der Waals surface area contributed by atoms with Crippen molar-refractivity contribution in [2.75, 3.05) is 5.73 Å². The van der Waals surface area contributed by atoms with Gasteiger partial charge in [-0.15, -0.1) is 0 Å². The fourth-order valence-corrected chi connectivity index (χ4v) is 2.07. The van der Waals surface area contributed by atoms with E-state index in [1.807, 2.05) is 53.2 Å². The Morgan fingerprint density at radius 1 is 1.17 bits per heavy atom. The van der Waals surface area contributed by atoms with Crippen molar-refractivity contribution in [3.63, 3.8) is 0 Å². The van der Waals surface area contributed by atoms with Crippen molar-refractivity contribution >= 4 is 22.9 Å². The maximum Gasteiger partial charge on any atom is 0.139 e. The first-order chi connectivity index (χ1) is 8.70. The molecule has 0 radical (unpaired) electrons. The molecule has 18 heavy (non-hydrogen) atoms. The van der Waals surface area contributed by atoms with Gasteiger partial charge < -0.3 is 10.1 Å². The molecule has 0 fully saturated rings. The summed E-state index contributed by atoms with van der Waals surface area (Å²) in [4.78, 5) is 4.54. The molecular formula is C14H12ClN3. The van der Waals surface area contributed by atoms with E-state index in [4.69, 9.17) is 17.3 Å². The third-order valence-electron chi connectivity index (χ3n) is 2.83. The number of rotatable bonds is 2. The van der Waals surface area contributed by atoms with Gasteiger partial charge in [-0.05, 0) is 23.8 Å². The zero-order chi connectivity index (χ0) is 12.5. The lowest BCUT2D eigenvalue weighted by Crippen LogP contribution is -1.87. The third kappa shape index (κ3) is 2.17. The molecule has 0 aliphatic rings. The number of hydrogen-bond acceptors (Lipinski definition) is 2. The van der Waals surface area contributed by atoms with E-state index >= 15 is 0 Å². The van der Waals surface area contributed by atoms with Gasteiger partial charge in [0.15, 0.2) is 0 Å². The summed E-state index contributed by atoms with van der Waals surface area (Å²) in [6, 6.07) is 11.5. The highest BCUT2D eigenvalue weighted by Gasteiger charge is 2.03. The summed E-state index contributed by atoms with van der Waals surface area (Å²) in [5.74, 6) is 0. The van der Waals surface area contributed by atoms with E-state index in [1.54, 1.807) is 0 Å². The minimum Gasteiger partial charge on any atom is -0.399 e. The van der Waals surface area contributed by atoms with Crippen LogP contribution < -0.4 is 5.73 Å². The summed E-state index contributed by atoms with van der Waals surface area (Å²) in [5.41, 5.74) is 9.54. The molecule has 1 aromatic carbocycles. The zero-order valence-corrected chi connectivity index (χ0v) is 10.4. The van der Waals surface area contributed by atoms with Gasteiger partial charge in [-0.1, -0.05) is 23.7 Å². The second-order valence-electron chi connectivity index (χ2n) is 4.26. The smallest absolute Gasteiger partial charge is 0.139 e. The number of hydrogen-bond donors (Lipinski definition) is 1. The summed E-state index contributed by atoms with van der Waals surface area (Å²) in [5, 5.41) is 0.751. The highest BCUT2D eigenvalue weighted by molar-refractivity contribution is 6.30. The summed E-state index contributed by atoms with van der Waals surface area (Å²) in [6.07, 6.45) is 4.73. The predicted octanol–water partition coefficient (Wildman–Crippen LogP) is 3.16. The molecule has 4 heteroatoms. The van der Waals surface area contributed by atoms with E-state index in [2.05, 4.69) is 4.98 Å². The Balaban J connectivity index is 1.92. The van der Waals surface area contributed by atoms with Crippen LogP contribution in [0.3, 0.4) is 0 Å². The fourth-order valence-electron chi connectivity index (χ4n) is 1.95. The first kappa shape index (κ1) is 11.1. The fraction of sp³-hybridized carbons (Fsp3) is 0.0714. The quantitative estimate of drug-likeness (QED) is 0.766. The molecule has 0 aliphatic carbocycles. The number of imidazole rings is 1. The minimum atomic E-state index is 0.728. The van der Waals surface area contributed by atoms with Gasteiger partial charge in [0, 0.05) is 35.6 Å². The van der Waals surface area contributed by atoms with Crippen molar-refractivity contribution < 1.29 is 0 Å². The molecule has 0 bridgehead atoms. The van der Waals surface area contributed by atoms with Gasteiger partial charge in [0.05, 0.1) is 5.69 Å². The molecule has 0 atom stereocenters. The van der Waals surface area contributed by atoms with E-state index in [9.17, 15) is 0 Å². The van der Waals surface area contributed by atoms with Crippen LogP contribution in [0.5, 0.6) is 0 Å². The van der Waals surface area contributed by atoms with Crippen LogP contribution in [0.15, 0.2) is 48.8 Å². The van der Waals surface area contributed by atoms with Gasteiger partial charge in [0.25, 0.3) is 0 Å². The van der Waals surface area contributed by atoms with Crippen molar-refractivity contribution in [2.45, 2.75) is 6.42 Å². The molecule has 0 spiro atoms. The molecular weight excluding hydrogens is 246 g/mol. The lowest BCUT2D eigenvalue weighted by molar-refractivity contribution is 1.11. The number of fused-ring (bicyclic) bond motifs is 1. The molecule has 0 aliphatic heterocycles. The lowest BCUT2D eigenvalue weighted by Gasteiger charge is -1.97. The molecule has 3 rings (SSSR count). The Morgan fingerprint density at radius 3 is 2.72 bits per heavy atom. The second kappa shape index (κ2) is 4.35. The summed E-state index contributed by atoms with van der Waals surface area (Å²) in [6.45, 7) is 0. The average Bonchev–Trinajstić information content (AvgIpc) is 2.73. The second-order valence-corrected chi connectivity index (χ2v) is 4.70. The number of pyridine rings is 1. The van der Waals surface area contributed by atoms with Crippen LogP contribution >= 0.6 is 11.6 Å². The van der Waals surface area contributed by atoms with Gasteiger partial charge in [0.1, 0.15) is 5.65 Å². The van der Waals surface area contributed by atoms with Gasteiger partial charge in [-0.2, -0.15) is 0 Å². The molecule has 3 nitrogen and oxygen atoms in total. The van der Waals surface area contributed by atoms with E-state index < -0.39 is 0 Å². The number of nitrogens with zero attached hydrogens (tertiary/aromatic N) is 2. The Hall–Kier alpha value is -2.00. The summed E-state index contributed by atoms with van der Waals surface area (Å²) >= 11 is 5.86. The van der Waals surface area contributed by atoms with Crippen LogP contribution in [0.2, 0.25) is 5.02 Å². The number of nitrogens with two attached hydrogens (primary N) is 1. The number of aromatic nitrogens is 2. The van der Waals surface area contributed by atoms with E-state index in [0.717, 1.165) is 28.5 Å². The Bertz CT molecular complexity index is 686. The van der Waals surface area contributed by atoms with Gasteiger partial charge in [0.2, 0.25) is 0 Å². The molecule has 2 aromatic heterocycles. The molecule has 0 saturated heterocycles. The molecule has 0 amide bonds. The van der Waals surface area contributed by atoms with E-state index in [-0.39, 0.29) is 0 Å². The third-order valence-corrected chi connectivity index (χ3v) is 3.08. The summed E-state index contributed by atoms with van der Waals surface area (Å²) in [7, 11) is 0. The average molecular weight is 258 g/mol. The van der Waals surface area contributed by atoms with Gasteiger partial charge >= 0.3 is 0 Å². The molecule has 0 unspecified atom stereocenters. The SMILES string of the molecule is Nc1ccn2cc(Cc3ccc(Cl)cc3)nc2c1. The van der Waals surface area contributed by atoms with Crippen LogP contribution in [0.4, 0.5) is 5.69 Å². The Labute approximate surface area is 110 Å². The van der Waals surface area contributed by atoms with Crippen LogP contribution in [0.25, 0.3) is 5.65 Å². The van der Waals surface area contributed by atoms with Crippen LogP contribution in [-0.2, 0) is 6.42 Å². The first-order valence-electron chi connectivity index (χ1n) is 5.68. The Morgan fingerprint density at radius 2 is 1.94 bits per heavy atom. The standard InChI is InChI=1S/C14H12ClN3/c15-11-3-1-10(2-4-11)7-13-9-18-6-5-12(16)8-14(18)17-13/h1-6,8-9H,7,16H2. The number of anilines is 1. The molecule has 3 aromatic rings. The highest BCUT2D eigenvalue weighted by Crippen LogP contribution is 2.15. The monoisotopic (exact) mass is 257 g/mol. The molecule has 2 heterocycles. The number of nitrogen functional groups attached to an aromatic ring is 1. The predicted molar refractivity (Wildman–Crippen MR) is 73.9 cm³/mol. The van der Waals surface area contributed by atoms with Crippen LogP contribution in [0, 0.1) is 0 Å². The highest BCUT2D eigenvalue weighted by atomic mass is 35.5. The van der Waals surface area contributed by atoms with Gasteiger partial charge in [-0.3, -0.25) is 0 Å². The molecule has 0 saturated carbocycles. The maximum atomic E-state index is 5.86. The maximum absolute atomic E-state index is 5.86. The van der Waals surface area contributed by atoms with Crippen molar-refractivity contribution in [1.29, 1.82) is 0 Å². The minimum absolute atomic E-state index is 0.728. The summed E-state index contributed by atoms with van der Waals surface area (Å²) < 4.78 is 1.97. The van der Waals surface area contributed by atoms with Crippen molar-refractivity contribution in [3.8, 4) is 0 Å². The first-order valence-corrected chi connectivity index (χ1v) is 6.06. The molecule has 2 N–H and O–H groups in total. The van der Waals surface area contributed by atoms with Crippen molar-refractivity contribution in [2.24, 2.45) is 0 Å². The normalized spacial score (nSPS) is 10.9. The van der Waals surface area contributed by atoms with Crippen LogP contribution in [0.1, 0.15) is 11.3 Å². The van der Waals surface area contributed by atoms with Crippen molar-refractivity contribution in [1.82, 2.24) is 9.38 Å². The Kier molecular flexibility index (Phi) is 2.68. The van der Waals surface area contributed by atoms with E-state index in [1.165, 1.54) is 5.56 Å². The van der Waals surface area contributed by atoms with E-state index in [0.29, 0.717) is 0 Å². The topological polar surface area (TPSA) is 43.3 Å².